The highest BCUT2D eigenvalue weighted by molar-refractivity contribution is 5.68. The number of nitrogens with zero attached hydrogens (tertiary/aromatic N) is 3. The van der Waals surface area contributed by atoms with Crippen LogP contribution in [0.2, 0.25) is 0 Å². The summed E-state index contributed by atoms with van der Waals surface area (Å²) in [7, 11) is 0. The monoisotopic (exact) mass is 294 g/mol. The summed E-state index contributed by atoms with van der Waals surface area (Å²) in [6, 6.07) is 11.3. The van der Waals surface area contributed by atoms with E-state index in [0.29, 0.717) is 22.5 Å². The molecule has 1 aromatic carbocycles. The Morgan fingerprint density at radius 2 is 2.14 bits per heavy atom. The van der Waals surface area contributed by atoms with Crippen LogP contribution in [0.5, 0.6) is 0 Å². The first kappa shape index (κ1) is 14.0. The van der Waals surface area contributed by atoms with Crippen LogP contribution in [-0.4, -0.2) is 26.3 Å². The second-order valence-corrected chi connectivity index (χ2v) is 5.09. The van der Waals surface area contributed by atoms with Gasteiger partial charge in [-0.05, 0) is 0 Å². The molecule has 0 bridgehead atoms. The highest BCUT2D eigenvalue weighted by Crippen LogP contribution is 2.25. The summed E-state index contributed by atoms with van der Waals surface area (Å²) in [5.41, 5.74) is 2.01. The van der Waals surface area contributed by atoms with Gasteiger partial charge in [0.1, 0.15) is 11.6 Å². The summed E-state index contributed by atoms with van der Waals surface area (Å²) in [4.78, 5) is 17.2. The molecule has 2 heterocycles. The predicted molar refractivity (Wildman–Crippen MR) is 81.5 cm³/mol. The van der Waals surface area contributed by atoms with Gasteiger partial charge in [0.25, 0.3) is 5.56 Å². The summed E-state index contributed by atoms with van der Waals surface area (Å²) in [6.07, 6.45) is 1.45. The van der Waals surface area contributed by atoms with Crippen molar-refractivity contribution < 1.29 is 5.11 Å². The second kappa shape index (κ2) is 5.47. The van der Waals surface area contributed by atoms with E-state index in [1.807, 2.05) is 36.4 Å². The molecule has 2 aromatic heterocycles. The molecule has 0 radical (unpaired) electrons. The molecule has 1 unspecified atom stereocenters. The van der Waals surface area contributed by atoms with Gasteiger partial charge in [-0.3, -0.25) is 9.89 Å². The lowest BCUT2D eigenvalue weighted by Gasteiger charge is -2.13. The minimum absolute atomic E-state index is 0.158. The fourth-order valence-electron chi connectivity index (χ4n) is 2.46. The molecule has 110 valence electrons. The largest absolute Gasteiger partial charge is 0.396 e. The highest BCUT2D eigenvalue weighted by Gasteiger charge is 2.21. The van der Waals surface area contributed by atoms with Gasteiger partial charge in [-0.1, -0.05) is 37.3 Å². The zero-order chi connectivity index (χ0) is 15.7. The van der Waals surface area contributed by atoms with Crippen LogP contribution in [0.1, 0.15) is 24.0 Å². The smallest absolute Gasteiger partial charge is 0.276 e. The Kier molecular flexibility index (Phi) is 3.49. The maximum atomic E-state index is 12.7. The van der Waals surface area contributed by atoms with Crippen molar-refractivity contribution in [3.63, 3.8) is 0 Å². The number of aliphatic hydroxyl groups is 1. The molecule has 0 fully saturated rings. The summed E-state index contributed by atoms with van der Waals surface area (Å²) < 4.78 is 1.24. The molecule has 0 saturated carbocycles. The quantitative estimate of drug-likeness (QED) is 0.768. The number of fused-ring (bicyclic) bond motifs is 1. The van der Waals surface area contributed by atoms with Crippen molar-refractivity contribution in [1.82, 2.24) is 14.6 Å². The number of rotatable bonds is 3. The summed E-state index contributed by atoms with van der Waals surface area (Å²) in [5, 5.41) is 21.3. The van der Waals surface area contributed by atoms with E-state index >= 15 is 0 Å². The summed E-state index contributed by atoms with van der Waals surface area (Å²) in [5.74, 6) is -0.360. The average Bonchev–Trinajstić information content (AvgIpc) is 2.98. The van der Waals surface area contributed by atoms with E-state index in [4.69, 9.17) is 5.26 Å². The summed E-state index contributed by atoms with van der Waals surface area (Å²) in [6.45, 7) is 1.61. The minimum atomic E-state index is -0.360. The molecular weight excluding hydrogens is 280 g/mol. The number of nitriles is 1. The van der Waals surface area contributed by atoms with Gasteiger partial charge < -0.3 is 5.11 Å². The van der Waals surface area contributed by atoms with Crippen molar-refractivity contribution >= 4 is 5.65 Å². The summed E-state index contributed by atoms with van der Waals surface area (Å²) >= 11 is 0. The van der Waals surface area contributed by atoms with E-state index in [2.05, 4.69) is 10.1 Å². The zero-order valence-electron chi connectivity index (χ0n) is 11.9. The van der Waals surface area contributed by atoms with Gasteiger partial charge >= 0.3 is 0 Å². The third-order valence-electron chi connectivity index (χ3n) is 3.63. The molecule has 1 atom stereocenters. The maximum Gasteiger partial charge on any atom is 0.276 e. The number of hydrogen-bond acceptors (Lipinski definition) is 4. The lowest BCUT2D eigenvalue weighted by atomic mass is 9.97. The van der Waals surface area contributed by atoms with Crippen molar-refractivity contribution in [2.45, 2.75) is 12.8 Å². The molecule has 0 aliphatic rings. The van der Waals surface area contributed by atoms with Gasteiger partial charge in [-0.15, -0.1) is 0 Å². The number of benzene rings is 1. The average molecular weight is 294 g/mol. The molecule has 0 aliphatic heterocycles. The Labute approximate surface area is 126 Å². The van der Waals surface area contributed by atoms with E-state index in [0.717, 1.165) is 5.56 Å². The van der Waals surface area contributed by atoms with Crippen LogP contribution in [0.4, 0.5) is 0 Å². The van der Waals surface area contributed by atoms with Gasteiger partial charge in [-0.2, -0.15) is 5.26 Å². The van der Waals surface area contributed by atoms with Gasteiger partial charge in [0.2, 0.25) is 0 Å². The van der Waals surface area contributed by atoms with E-state index < -0.39 is 0 Å². The molecule has 6 nitrogen and oxygen atoms in total. The number of aliphatic hydroxyl groups excluding tert-OH is 1. The molecule has 22 heavy (non-hydrogen) atoms. The van der Waals surface area contributed by atoms with E-state index in [-0.39, 0.29) is 18.1 Å². The van der Waals surface area contributed by atoms with E-state index in [1.165, 1.54) is 10.7 Å². The number of aromatic nitrogens is 3. The third-order valence-corrected chi connectivity index (χ3v) is 3.63. The molecule has 3 aromatic rings. The van der Waals surface area contributed by atoms with Crippen LogP contribution in [0.15, 0.2) is 41.3 Å². The molecule has 0 saturated heterocycles. The lowest BCUT2D eigenvalue weighted by molar-refractivity contribution is 0.272. The number of hydrogen-bond donors (Lipinski definition) is 2. The highest BCUT2D eigenvalue weighted by atomic mass is 16.3. The third kappa shape index (κ3) is 2.08. The maximum absolute atomic E-state index is 12.7. The second-order valence-electron chi connectivity index (χ2n) is 5.09. The fourth-order valence-corrected chi connectivity index (χ4v) is 2.46. The topological polar surface area (TPSA) is 94.2 Å². The molecular formula is C16H14N4O2. The Bertz CT molecular complexity index is 919. The predicted octanol–water partition coefficient (Wildman–Crippen LogP) is 1.66. The normalized spacial score (nSPS) is 12.2. The van der Waals surface area contributed by atoms with Gasteiger partial charge in [-0.25, -0.2) is 9.50 Å². The van der Waals surface area contributed by atoms with Gasteiger partial charge in [0, 0.05) is 24.3 Å². The van der Waals surface area contributed by atoms with E-state index in [9.17, 15) is 9.90 Å². The number of nitrogens with one attached hydrogen (secondary N) is 1. The minimum Gasteiger partial charge on any atom is -0.396 e. The van der Waals surface area contributed by atoms with Crippen molar-refractivity contribution in [1.29, 1.82) is 5.26 Å². The first-order chi connectivity index (χ1) is 10.7. The lowest BCUT2D eigenvalue weighted by Crippen LogP contribution is -2.24. The molecule has 0 spiro atoms. The molecule has 6 heteroatoms. The first-order valence-electron chi connectivity index (χ1n) is 6.87. The van der Waals surface area contributed by atoms with Crippen LogP contribution in [0, 0.1) is 11.3 Å². The Morgan fingerprint density at radius 3 is 2.77 bits per heavy atom. The van der Waals surface area contributed by atoms with Crippen molar-refractivity contribution in [3.05, 3.63) is 58.0 Å². The van der Waals surface area contributed by atoms with E-state index in [1.54, 1.807) is 6.92 Å². The molecule has 0 amide bonds. The van der Waals surface area contributed by atoms with Crippen LogP contribution < -0.4 is 5.56 Å². The van der Waals surface area contributed by atoms with Crippen LogP contribution in [-0.2, 0) is 0 Å². The standard InChI is InChI=1S/C16H14N4O2/c1-10(9-21)13-14(11-5-3-2-4-6-11)19-15-12(7-17)8-18-20(15)16(13)22/h2-6,8,10,18,21H,9H2,1H3. The van der Waals surface area contributed by atoms with Crippen molar-refractivity contribution in [2.24, 2.45) is 0 Å². The van der Waals surface area contributed by atoms with Crippen LogP contribution in [0.25, 0.3) is 16.9 Å². The molecule has 2 N–H and O–H groups in total. The molecule has 3 rings (SSSR count). The fraction of sp³-hybridized carbons (Fsp3) is 0.188. The van der Waals surface area contributed by atoms with Gasteiger partial charge in [0.15, 0.2) is 5.65 Å². The number of aromatic amines is 1. The Balaban J connectivity index is 2.42. The van der Waals surface area contributed by atoms with Gasteiger partial charge in [0.05, 0.1) is 11.3 Å². The Morgan fingerprint density at radius 1 is 1.41 bits per heavy atom. The van der Waals surface area contributed by atoms with Crippen LogP contribution in [0.3, 0.4) is 0 Å². The van der Waals surface area contributed by atoms with Crippen molar-refractivity contribution in [2.75, 3.05) is 6.61 Å². The SMILES string of the molecule is CC(CO)c1c(-c2ccccc2)nc2c(C#N)c[nH]n2c1=O. The first-order valence-corrected chi connectivity index (χ1v) is 6.87. The Hall–Kier alpha value is -2.91. The zero-order valence-corrected chi connectivity index (χ0v) is 11.9. The van der Waals surface area contributed by atoms with Crippen LogP contribution >= 0.6 is 0 Å². The number of H-pyrrole nitrogens is 1. The van der Waals surface area contributed by atoms with Crippen molar-refractivity contribution in [3.8, 4) is 17.3 Å². The molecule has 0 aliphatic carbocycles.